The third kappa shape index (κ3) is 3.21. The minimum Gasteiger partial charge on any atom is -0.292 e. The van der Waals surface area contributed by atoms with Crippen LogP contribution in [0.2, 0.25) is 0 Å². The smallest absolute Gasteiger partial charge is 0.263 e. The molecule has 5 aromatic rings. The summed E-state index contributed by atoms with van der Waals surface area (Å²) in [6, 6.07) is 19.4. The van der Waals surface area contributed by atoms with Crippen LogP contribution in [0.4, 0.5) is 4.39 Å². The molecule has 3 aromatic carbocycles. The van der Waals surface area contributed by atoms with E-state index in [9.17, 15) is 14.0 Å². The summed E-state index contributed by atoms with van der Waals surface area (Å²) in [5.74, 6) is -0.689. The van der Waals surface area contributed by atoms with Gasteiger partial charge in [0.1, 0.15) is 10.6 Å². The highest BCUT2D eigenvalue weighted by Crippen LogP contribution is 2.32. The van der Waals surface area contributed by atoms with Gasteiger partial charge in [-0.3, -0.25) is 14.2 Å². The number of ketones is 1. The van der Waals surface area contributed by atoms with E-state index in [-0.39, 0.29) is 17.9 Å². The predicted octanol–water partition coefficient (Wildman–Crippen LogP) is 5.30. The summed E-state index contributed by atoms with van der Waals surface area (Å²) < 4.78 is 14.4. The second kappa shape index (κ2) is 7.31. The third-order valence-electron chi connectivity index (χ3n) is 5.10. The average Bonchev–Trinajstić information content (AvgIpc) is 3.21. The minimum absolute atomic E-state index is 0.152. The van der Waals surface area contributed by atoms with Gasteiger partial charge in [-0.25, -0.2) is 9.37 Å². The largest absolute Gasteiger partial charge is 0.292 e. The summed E-state index contributed by atoms with van der Waals surface area (Å²) in [4.78, 5) is 30.7. The zero-order chi connectivity index (χ0) is 20.7. The fraction of sp³-hybridized carbons (Fsp3) is 0.0417. The number of aromatic nitrogens is 2. The number of hydrogen-bond donors (Lipinski definition) is 0. The molecule has 4 nitrogen and oxygen atoms in total. The van der Waals surface area contributed by atoms with E-state index in [1.165, 1.54) is 46.5 Å². The molecule has 0 atom stereocenters. The van der Waals surface area contributed by atoms with Crippen molar-refractivity contribution in [2.24, 2.45) is 0 Å². The molecule has 0 aliphatic heterocycles. The lowest BCUT2D eigenvalue weighted by Gasteiger charge is -2.07. The number of Topliss-reactive ketones (excluding diaryl/α,β-unsaturated/α-hetero) is 1. The van der Waals surface area contributed by atoms with Crippen LogP contribution in [0.5, 0.6) is 0 Å². The van der Waals surface area contributed by atoms with Crippen LogP contribution in [0.25, 0.3) is 32.1 Å². The molecule has 0 bridgehead atoms. The highest BCUT2D eigenvalue weighted by molar-refractivity contribution is 7.17. The average molecular weight is 414 g/mol. The molecule has 0 aliphatic rings. The molecule has 146 valence electrons. The molecule has 0 unspecified atom stereocenters. The van der Waals surface area contributed by atoms with E-state index >= 15 is 0 Å². The molecule has 0 fully saturated rings. The Labute approximate surface area is 174 Å². The maximum atomic E-state index is 13.2. The lowest BCUT2D eigenvalue weighted by atomic mass is 10.0. The van der Waals surface area contributed by atoms with Gasteiger partial charge in [0.2, 0.25) is 0 Å². The molecule has 5 rings (SSSR count). The van der Waals surface area contributed by atoms with Gasteiger partial charge in [-0.05, 0) is 46.7 Å². The summed E-state index contributed by atoms with van der Waals surface area (Å²) in [5, 5.41) is 4.64. The quantitative estimate of drug-likeness (QED) is 0.375. The first-order chi connectivity index (χ1) is 14.6. The first-order valence-electron chi connectivity index (χ1n) is 9.35. The number of benzene rings is 3. The molecule has 2 aromatic heterocycles. The maximum absolute atomic E-state index is 13.2. The standard InChI is InChI=1S/C24H15FN2O2S/c25-19-9-7-16(8-10-19)21(28)12-27-14-26-23-22(24(27)29)20(13-30-23)18-6-5-15-3-1-2-4-17(15)11-18/h1-11,13-14H,12H2. The molecule has 0 amide bonds. The van der Waals surface area contributed by atoms with Crippen LogP contribution in [-0.2, 0) is 6.54 Å². The number of carbonyl (C=O) groups is 1. The molecule has 0 aliphatic carbocycles. The van der Waals surface area contributed by atoms with E-state index in [2.05, 4.69) is 11.1 Å². The lowest BCUT2D eigenvalue weighted by molar-refractivity contribution is 0.0970. The van der Waals surface area contributed by atoms with E-state index < -0.39 is 5.82 Å². The SMILES string of the molecule is O=C(Cn1cnc2scc(-c3ccc4ccccc4c3)c2c1=O)c1ccc(F)cc1. The van der Waals surface area contributed by atoms with Crippen molar-refractivity contribution >= 4 is 38.1 Å². The number of fused-ring (bicyclic) bond motifs is 2. The fourth-order valence-corrected chi connectivity index (χ4v) is 4.44. The summed E-state index contributed by atoms with van der Waals surface area (Å²) in [5.41, 5.74) is 1.83. The summed E-state index contributed by atoms with van der Waals surface area (Å²) in [6.07, 6.45) is 1.40. The zero-order valence-corrected chi connectivity index (χ0v) is 16.5. The van der Waals surface area contributed by atoms with Crippen LogP contribution in [-0.4, -0.2) is 15.3 Å². The number of halogens is 1. The Balaban J connectivity index is 1.57. The van der Waals surface area contributed by atoms with Crippen LogP contribution in [0.3, 0.4) is 0 Å². The van der Waals surface area contributed by atoms with E-state index in [1.54, 1.807) is 0 Å². The fourth-order valence-electron chi connectivity index (χ4n) is 3.53. The highest BCUT2D eigenvalue weighted by Gasteiger charge is 2.16. The summed E-state index contributed by atoms with van der Waals surface area (Å²) in [7, 11) is 0. The Bertz CT molecular complexity index is 1470. The predicted molar refractivity (Wildman–Crippen MR) is 118 cm³/mol. The van der Waals surface area contributed by atoms with Gasteiger partial charge in [-0.1, -0.05) is 36.4 Å². The molecule has 0 radical (unpaired) electrons. The van der Waals surface area contributed by atoms with Gasteiger partial charge in [-0.2, -0.15) is 0 Å². The van der Waals surface area contributed by atoms with Crippen molar-refractivity contribution in [1.82, 2.24) is 9.55 Å². The number of carbonyl (C=O) groups excluding carboxylic acids is 1. The van der Waals surface area contributed by atoms with E-state index in [0.29, 0.717) is 15.8 Å². The second-order valence-corrected chi connectivity index (χ2v) is 7.86. The van der Waals surface area contributed by atoms with Gasteiger partial charge in [0.25, 0.3) is 5.56 Å². The molecule has 0 spiro atoms. The highest BCUT2D eigenvalue weighted by atomic mass is 32.1. The normalized spacial score (nSPS) is 11.2. The first kappa shape index (κ1) is 18.4. The molecular formula is C24H15FN2O2S. The maximum Gasteiger partial charge on any atom is 0.263 e. The van der Waals surface area contributed by atoms with Crippen molar-refractivity contribution in [3.63, 3.8) is 0 Å². The topological polar surface area (TPSA) is 52.0 Å². The number of hydrogen-bond acceptors (Lipinski definition) is 4. The molecule has 30 heavy (non-hydrogen) atoms. The molecule has 2 heterocycles. The first-order valence-corrected chi connectivity index (χ1v) is 10.2. The summed E-state index contributed by atoms with van der Waals surface area (Å²) >= 11 is 1.40. The van der Waals surface area contributed by atoms with Gasteiger partial charge in [0.05, 0.1) is 18.3 Å². The van der Waals surface area contributed by atoms with Crippen molar-refractivity contribution in [3.05, 3.63) is 100 Å². The summed E-state index contributed by atoms with van der Waals surface area (Å²) in [6.45, 7) is -0.152. The molecule has 0 saturated heterocycles. The van der Waals surface area contributed by atoms with E-state index in [1.807, 2.05) is 41.8 Å². The van der Waals surface area contributed by atoms with Gasteiger partial charge in [-0.15, -0.1) is 11.3 Å². The Hall–Kier alpha value is -3.64. The van der Waals surface area contributed by atoms with Crippen LogP contribution >= 0.6 is 11.3 Å². The van der Waals surface area contributed by atoms with Crippen LogP contribution in [0.15, 0.2) is 83.2 Å². The van der Waals surface area contributed by atoms with Crippen LogP contribution in [0, 0.1) is 5.82 Å². The Kier molecular flexibility index (Phi) is 4.48. The van der Waals surface area contributed by atoms with Crippen LogP contribution in [0.1, 0.15) is 10.4 Å². The Morgan fingerprint density at radius 1 is 1.00 bits per heavy atom. The monoisotopic (exact) mass is 414 g/mol. The molecule has 6 heteroatoms. The number of rotatable bonds is 4. The van der Waals surface area contributed by atoms with Crippen molar-refractivity contribution in [2.45, 2.75) is 6.54 Å². The van der Waals surface area contributed by atoms with Gasteiger partial charge in [0, 0.05) is 16.5 Å². The van der Waals surface area contributed by atoms with E-state index in [0.717, 1.165) is 21.9 Å². The Morgan fingerprint density at radius 2 is 1.77 bits per heavy atom. The second-order valence-electron chi connectivity index (χ2n) is 7.00. The van der Waals surface area contributed by atoms with Gasteiger partial charge in [0.15, 0.2) is 5.78 Å². The number of thiophene rings is 1. The molecule has 0 saturated carbocycles. The third-order valence-corrected chi connectivity index (χ3v) is 5.99. The van der Waals surface area contributed by atoms with Crippen molar-refractivity contribution < 1.29 is 9.18 Å². The lowest BCUT2D eigenvalue weighted by Crippen LogP contribution is -2.24. The zero-order valence-electron chi connectivity index (χ0n) is 15.7. The van der Waals surface area contributed by atoms with Crippen molar-refractivity contribution in [3.8, 4) is 11.1 Å². The van der Waals surface area contributed by atoms with Gasteiger partial charge >= 0.3 is 0 Å². The Morgan fingerprint density at radius 3 is 2.57 bits per heavy atom. The van der Waals surface area contributed by atoms with E-state index in [4.69, 9.17) is 0 Å². The molecule has 0 N–H and O–H groups in total. The minimum atomic E-state index is -0.412. The van der Waals surface area contributed by atoms with Crippen molar-refractivity contribution in [1.29, 1.82) is 0 Å². The van der Waals surface area contributed by atoms with Crippen LogP contribution < -0.4 is 5.56 Å². The number of nitrogens with zero attached hydrogens (tertiary/aromatic N) is 2. The van der Waals surface area contributed by atoms with Gasteiger partial charge < -0.3 is 0 Å². The molecular weight excluding hydrogens is 399 g/mol. The van der Waals surface area contributed by atoms with Crippen molar-refractivity contribution in [2.75, 3.05) is 0 Å².